The molecule has 2 aromatic rings. The number of nitro groups is 1. The number of nitro benzene ring substituents is 1. The maximum atomic E-state index is 11.3. The molecule has 1 heterocycles. The van der Waals surface area contributed by atoms with Crippen LogP contribution < -0.4 is 10.5 Å². The van der Waals surface area contributed by atoms with E-state index in [0.717, 1.165) is 11.8 Å². The summed E-state index contributed by atoms with van der Waals surface area (Å²) in [5.41, 5.74) is -0.0754. The molecule has 0 aliphatic heterocycles. The number of nitrogens with one attached hydrogen (secondary N) is 1. The van der Waals surface area contributed by atoms with E-state index in [0.29, 0.717) is 18.1 Å². The maximum Gasteiger partial charge on any atom is 0.293 e. The number of nitrogens with two attached hydrogens (primary N) is 1. The van der Waals surface area contributed by atoms with E-state index < -0.39 is 14.9 Å². The van der Waals surface area contributed by atoms with E-state index in [4.69, 9.17) is 9.56 Å². The first-order valence-electron chi connectivity index (χ1n) is 6.53. The summed E-state index contributed by atoms with van der Waals surface area (Å²) in [5.74, 6) is 2.27. The Morgan fingerprint density at radius 2 is 2.13 bits per heavy atom. The molecule has 23 heavy (non-hydrogen) atoms. The number of rotatable bonds is 8. The number of primary sulfonamides is 1. The number of hydrogen-bond acceptors (Lipinski definition) is 7. The third-order valence-electron chi connectivity index (χ3n) is 2.88. The van der Waals surface area contributed by atoms with Crippen LogP contribution in [0.5, 0.6) is 0 Å². The molecule has 0 bridgehead atoms. The number of benzene rings is 1. The van der Waals surface area contributed by atoms with Gasteiger partial charge in [-0.25, -0.2) is 13.6 Å². The third-order valence-corrected chi connectivity index (χ3v) is 4.77. The lowest BCUT2D eigenvalue weighted by Gasteiger charge is -2.08. The van der Waals surface area contributed by atoms with Crippen LogP contribution >= 0.6 is 11.8 Å². The molecule has 0 aliphatic rings. The van der Waals surface area contributed by atoms with Crippen molar-refractivity contribution in [3.05, 3.63) is 52.5 Å². The van der Waals surface area contributed by atoms with E-state index in [1.54, 1.807) is 18.0 Å². The minimum absolute atomic E-state index is 0.251. The van der Waals surface area contributed by atoms with Gasteiger partial charge in [0.15, 0.2) is 0 Å². The summed E-state index contributed by atoms with van der Waals surface area (Å²) in [4.78, 5) is 10.1. The third kappa shape index (κ3) is 4.98. The van der Waals surface area contributed by atoms with Gasteiger partial charge in [0.1, 0.15) is 11.4 Å². The van der Waals surface area contributed by atoms with E-state index in [1.807, 2.05) is 12.1 Å². The zero-order chi connectivity index (χ0) is 16.9. The van der Waals surface area contributed by atoms with Crippen LogP contribution in [0.3, 0.4) is 0 Å². The summed E-state index contributed by atoms with van der Waals surface area (Å²) < 4.78 is 27.7. The van der Waals surface area contributed by atoms with Gasteiger partial charge in [-0.2, -0.15) is 11.8 Å². The molecule has 0 amide bonds. The van der Waals surface area contributed by atoms with E-state index in [2.05, 4.69) is 5.32 Å². The lowest BCUT2D eigenvalue weighted by atomic mass is 10.2. The molecule has 2 rings (SSSR count). The Kier molecular flexibility index (Phi) is 5.64. The summed E-state index contributed by atoms with van der Waals surface area (Å²) in [5, 5.41) is 19.0. The normalized spacial score (nSPS) is 11.3. The molecule has 0 radical (unpaired) electrons. The van der Waals surface area contributed by atoms with Crippen molar-refractivity contribution in [2.24, 2.45) is 5.14 Å². The molecule has 0 atom stereocenters. The van der Waals surface area contributed by atoms with Crippen molar-refractivity contribution < 1.29 is 17.8 Å². The Hall–Kier alpha value is -2.04. The second kappa shape index (κ2) is 7.49. The highest BCUT2D eigenvalue weighted by Crippen LogP contribution is 2.27. The van der Waals surface area contributed by atoms with E-state index in [1.165, 1.54) is 12.1 Å². The molecule has 0 spiro atoms. The quantitative estimate of drug-likeness (QED) is 0.421. The van der Waals surface area contributed by atoms with Crippen LogP contribution in [0.4, 0.5) is 11.4 Å². The number of anilines is 1. The van der Waals surface area contributed by atoms with Crippen LogP contribution in [0.15, 0.2) is 45.9 Å². The van der Waals surface area contributed by atoms with Crippen LogP contribution in [-0.2, 0) is 15.8 Å². The standard InChI is InChI=1S/C13H15N3O5S2/c14-23(19,20)11-3-4-12(13(8-11)16(17)18)15-5-7-22-9-10-2-1-6-21-10/h1-4,6,8,15H,5,7,9H2,(H2,14,19,20). The predicted octanol–water partition coefficient (Wildman–Crippen LogP) is 2.18. The molecule has 0 unspecified atom stereocenters. The number of furan rings is 1. The topological polar surface area (TPSA) is 128 Å². The van der Waals surface area contributed by atoms with Crippen LogP contribution in [0, 0.1) is 10.1 Å². The monoisotopic (exact) mass is 357 g/mol. The molecule has 0 fully saturated rings. The van der Waals surface area contributed by atoms with Crippen molar-refractivity contribution in [1.29, 1.82) is 0 Å². The predicted molar refractivity (Wildman–Crippen MR) is 87.8 cm³/mol. The Labute approximate surface area is 137 Å². The first-order valence-corrected chi connectivity index (χ1v) is 9.23. The molecule has 1 aromatic carbocycles. The minimum Gasteiger partial charge on any atom is -0.468 e. The first-order chi connectivity index (χ1) is 10.9. The van der Waals surface area contributed by atoms with Crippen molar-refractivity contribution in [2.45, 2.75) is 10.6 Å². The van der Waals surface area contributed by atoms with Crippen LogP contribution in [0.2, 0.25) is 0 Å². The average Bonchev–Trinajstić information content (AvgIpc) is 2.99. The van der Waals surface area contributed by atoms with Crippen LogP contribution in [0.25, 0.3) is 0 Å². The highest BCUT2D eigenvalue weighted by molar-refractivity contribution is 7.98. The smallest absolute Gasteiger partial charge is 0.293 e. The fraction of sp³-hybridized carbons (Fsp3) is 0.231. The van der Waals surface area contributed by atoms with Gasteiger partial charge in [-0.05, 0) is 24.3 Å². The lowest BCUT2D eigenvalue weighted by molar-refractivity contribution is -0.384. The first kappa shape index (κ1) is 17.3. The molecule has 0 saturated heterocycles. The minimum atomic E-state index is -3.98. The Bertz CT molecular complexity index is 775. The average molecular weight is 357 g/mol. The van der Waals surface area contributed by atoms with Gasteiger partial charge in [-0.3, -0.25) is 10.1 Å². The summed E-state index contributed by atoms with van der Waals surface area (Å²) in [6.45, 7) is 0.487. The van der Waals surface area contributed by atoms with Gasteiger partial charge in [-0.15, -0.1) is 0 Å². The molecule has 8 nitrogen and oxygen atoms in total. The summed E-state index contributed by atoms with van der Waals surface area (Å²) in [6.07, 6.45) is 1.60. The second-order valence-corrected chi connectivity index (χ2v) is 7.21. The highest BCUT2D eigenvalue weighted by Gasteiger charge is 2.18. The molecule has 10 heteroatoms. The van der Waals surface area contributed by atoms with Gasteiger partial charge in [0.05, 0.1) is 21.8 Å². The summed E-state index contributed by atoms with van der Waals surface area (Å²) >= 11 is 1.61. The lowest BCUT2D eigenvalue weighted by Crippen LogP contribution is -2.13. The molecular weight excluding hydrogens is 342 g/mol. The van der Waals surface area contributed by atoms with E-state index >= 15 is 0 Å². The molecule has 1 aromatic heterocycles. The van der Waals surface area contributed by atoms with Gasteiger partial charge in [0, 0.05) is 18.4 Å². The maximum absolute atomic E-state index is 11.3. The summed E-state index contributed by atoms with van der Waals surface area (Å²) in [7, 11) is -3.98. The van der Waals surface area contributed by atoms with Gasteiger partial charge in [0.2, 0.25) is 10.0 Å². The van der Waals surface area contributed by atoms with E-state index in [-0.39, 0.29) is 16.3 Å². The van der Waals surface area contributed by atoms with E-state index in [9.17, 15) is 18.5 Å². The van der Waals surface area contributed by atoms with Crippen molar-refractivity contribution in [2.75, 3.05) is 17.6 Å². The van der Waals surface area contributed by atoms with Gasteiger partial charge >= 0.3 is 0 Å². The number of nitrogens with zero attached hydrogens (tertiary/aromatic N) is 1. The molecular formula is C13H15N3O5S2. The Balaban J connectivity index is 1.95. The van der Waals surface area contributed by atoms with Crippen LogP contribution in [-0.4, -0.2) is 25.6 Å². The van der Waals surface area contributed by atoms with Crippen molar-refractivity contribution in [3.63, 3.8) is 0 Å². The number of hydrogen-bond donors (Lipinski definition) is 2. The molecule has 0 aliphatic carbocycles. The van der Waals surface area contributed by atoms with Gasteiger partial charge in [0.25, 0.3) is 5.69 Å². The zero-order valence-corrected chi connectivity index (χ0v) is 13.6. The van der Waals surface area contributed by atoms with Crippen LogP contribution in [0.1, 0.15) is 5.76 Å². The van der Waals surface area contributed by atoms with Crippen molar-refractivity contribution in [1.82, 2.24) is 0 Å². The highest BCUT2D eigenvalue weighted by atomic mass is 32.2. The fourth-order valence-electron chi connectivity index (χ4n) is 1.81. The largest absolute Gasteiger partial charge is 0.468 e. The number of sulfonamides is 1. The molecule has 0 saturated carbocycles. The van der Waals surface area contributed by atoms with Crippen molar-refractivity contribution in [3.8, 4) is 0 Å². The second-order valence-electron chi connectivity index (χ2n) is 4.54. The zero-order valence-electron chi connectivity index (χ0n) is 12.0. The molecule has 3 N–H and O–H groups in total. The summed E-state index contributed by atoms with van der Waals surface area (Å²) in [6, 6.07) is 7.21. The Morgan fingerprint density at radius 3 is 2.74 bits per heavy atom. The van der Waals surface area contributed by atoms with Crippen molar-refractivity contribution >= 4 is 33.2 Å². The number of thioether (sulfide) groups is 1. The molecule has 124 valence electrons. The Morgan fingerprint density at radius 1 is 1.35 bits per heavy atom. The van der Waals surface area contributed by atoms with Gasteiger partial charge < -0.3 is 9.73 Å². The SMILES string of the molecule is NS(=O)(=O)c1ccc(NCCSCc2ccco2)c([N+](=O)[O-])c1. The van der Waals surface area contributed by atoms with Gasteiger partial charge in [-0.1, -0.05) is 0 Å². The fourth-order valence-corrected chi connectivity index (χ4v) is 3.10.